The summed E-state index contributed by atoms with van der Waals surface area (Å²) in [5.41, 5.74) is 0. The molecule has 13 heteroatoms. The number of aliphatic hydroxyl groups excluding tert-OH is 2. The van der Waals surface area contributed by atoms with Crippen LogP contribution in [0.3, 0.4) is 0 Å². The Labute approximate surface area is 290 Å². The first-order valence-corrected chi connectivity index (χ1v) is 20.6. The van der Waals surface area contributed by atoms with E-state index in [0.717, 1.165) is 64.1 Å². The van der Waals surface area contributed by atoms with Gasteiger partial charge in [0.15, 0.2) is 0 Å². The molecule has 0 spiro atoms. The Kier molecular flexibility index (Phi) is 19.1. The molecular formula is C35H66O12Si. The summed E-state index contributed by atoms with van der Waals surface area (Å²) in [7, 11) is 2.19. The molecule has 9 unspecified atom stereocenters. The van der Waals surface area contributed by atoms with Gasteiger partial charge in [-0.3, -0.25) is 0 Å². The fraction of sp³-hybridized carbons (Fsp3) is 1.00. The van der Waals surface area contributed by atoms with Crippen LogP contribution < -0.4 is 0 Å². The van der Waals surface area contributed by atoms with Gasteiger partial charge < -0.3 is 56.6 Å². The predicted molar refractivity (Wildman–Crippen MR) is 181 cm³/mol. The van der Waals surface area contributed by atoms with Crippen LogP contribution in [0.5, 0.6) is 0 Å². The molecular weight excluding hydrogens is 640 g/mol. The Morgan fingerprint density at radius 3 is 2.12 bits per heavy atom. The van der Waals surface area contributed by atoms with Crippen LogP contribution in [0.25, 0.3) is 0 Å². The zero-order valence-electron chi connectivity index (χ0n) is 29.9. The van der Waals surface area contributed by atoms with Crippen LogP contribution in [0.15, 0.2) is 0 Å². The number of epoxide rings is 2. The van der Waals surface area contributed by atoms with E-state index in [1.54, 1.807) is 21.3 Å². The molecule has 0 aromatic rings. The van der Waals surface area contributed by atoms with E-state index in [1.807, 2.05) is 0 Å². The molecule has 4 aliphatic rings. The van der Waals surface area contributed by atoms with Gasteiger partial charge in [-0.2, -0.15) is 0 Å². The van der Waals surface area contributed by atoms with Crippen molar-refractivity contribution in [3.63, 3.8) is 0 Å². The smallest absolute Gasteiger partial charge is 0.394 e. The third kappa shape index (κ3) is 15.1. The van der Waals surface area contributed by atoms with E-state index >= 15 is 0 Å². The van der Waals surface area contributed by atoms with Crippen molar-refractivity contribution in [1.29, 1.82) is 0 Å². The Bertz CT molecular complexity index is 825. The molecule has 0 aromatic carbocycles. The Balaban J connectivity index is 1.15. The molecule has 12 nitrogen and oxygen atoms in total. The lowest BCUT2D eigenvalue weighted by atomic mass is 9.80. The van der Waals surface area contributed by atoms with Crippen LogP contribution in [-0.2, 0) is 46.4 Å². The standard InChI is InChI=1S/C35H66O12Si/c1-38-48(39-2,40-3)18-8-17-43-24-30(21-36)46-34-19-27(9-7-10-28-12-14-33-35(20-28)47-33)11-13-32(34)45-23-29(37)22-41-15-5-4-6-16-42-25-31-26-44-31/h27-37H,4-26H2,1-3H3. The van der Waals surface area contributed by atoms with Crippen molar-refractivity contribution >= 4 is 8.80 Å². The van der Waals surface area contributed by atoms with E-state index in [-0.39, 0.29) is 38.6 Å². The second-order valence-corrected chi connectivity index (χ2v) is 17.2. The quantitative estimate of drug-likeness (QED) is 0.0663. The molecule has 2 heterocycles. The fourth-order valence-corrected chi connectivity index (χ4v) is 8.92. The molecule has 0 radical (unpaired) electrons. The van der Waals surface area contributed by atoms with Gasteiger partial charge in [0.25, 0.3) is 0 Å². The summed E-state index contributed by atoms with van der Waals surface area (Å²) < 4.78 is 57.4. The van der Waals surface area contributed by atoms with Gasteiger partial charge in [0.2, 0.25) is 0 Å². The molecule has 2 aliphatic heterocycles. The zero-order valence-corrected chi connectivity index (χ0v) is 30.9. The van der Waals surface area contributed by atoms with Gasteiger partial charge in [-0.15, -0.1) is 0 Å². The van der Waals surface area contributed by atoms with Crippen molar-refractivity contribution in [2.45, 2.75) is 132 Å². The van der Waals surface area contributed by atoms with Crippen LogP contribution in [-0.4, -0.2) is 143 Å². The third-order valence-corrected chi connectivity index (χ3v) is 13.2. The van der Waals surface area contributed by atoms with E-state index < -0.39 is 21.0 Å². The summed E-state index contributed by atoms with van der Waals surface area (Å²) in [4.78, 5) is 0. The van der Waals surface area contributed by atoms with Crippen molar-refractivity contribution in [1.82, 2.24) is 0 Å². The Hall–Kier alpha value is -0.263. The third-order valence-electron chi connectivity index (χ3n) is 10.4. The molecule has 0 bridgehead atoms. The number of hydrogen-bond acceptors (Lipinski definition) is 12. The number of fused-ring (bicyclic) bond motifs is 1. The van der Waals surface area contributed by atoms with Gasteiger partial charge in [-0.25, -0.2) is 0 Å². The average Bonchev–Trinajstić information content (AvgIpc) is 4.05. The number of aliphatic hydroxyl groups is 2. The maximum Gasteiger partial charge on any atom is 0.500 e. The first-order chi connectivity index (χ1) is 23.5. The van der Waals surface area contributed by atoms with E-state index in [1.165, 1.54) is 38.5 Å². The van der Waals surface area contributed by atoms with E-state index in [9.17, 15) is 10.2 Å². The zero-order chi connectivity index (χ0) is 34.0. The van der Waals surface area contributed by atoms with Crippen molar-refractivity contribution in [3.8, 4) is 0 Å². The second-order valence-electron chi connectivity index (χ2n) is 14.1. The molecule has 0 amide bonds. The largest absolute Gasteiger partial charge is 0.500 e. The van der Waals surface area contributed by atoms with Crippen LogP contribution in [0.4, 0.5) is 0 Å². The van der Waals surface area contributed by atoms with Crippen LogP contribution in [0.1, 0.15) is 83.5 Å². The van der Waals surface area contributed by atoms with Crippen molar-refractivity contribution in [2.24, 2.45) is 11.8 Å². The summed E-state index contributed by atoms with van der Waals surface area (Å²) in [6.45, 7) is 3.97. The monoisotopic (exact) mass is 706 g/mol. The highest BCUT2D eigenvalue weighted by Gasteiger charge is 2.43. The summed E-state index contributed by atoms with van der Waals surface area (Å²) in [6, 6.07) is 0.647. The minimum atomic E-state index is -2.64. The average molecular weight is 707 g/mol. The van der Waals surface area contributed by atoms with Gasteiger partial charge in [0.1, 0.15) is 18.3 Å². The van der Waals surface area contributed by atoms with Crippen LogP contribution >= 0.6 is 0 Å². The summed E-state index contributed by atoms with van der Waals surface area (Å²) in [5.74, 6) is 1.35. The highest BCUT2D eigenvalue weighted by atomic mass is 28.4. The lowest BCUT2D eigenvalue weighted by Gasteiger charge is -2.38. The SMILES string of the molecule is CO[Si](CCCOCC(CO)OC1CC(CCCC2CCC3OC3C2)CCC1OCC(O)COCCCCCOCC1CO1)(OC)OC. The molecule has 2 aliphatic carbocycles. The van der Waals surface area contributed by atoms with E-state index in [4.69, 9.17) is 46.4 Å². The molecule has 4 fully saturated rings. The first-order valence-electron chi connectivity index (χ1n) is 18.7. The van der Waals surface area contributed by atoms with Crippen molar-refractivity contribution in [2.75, 3.05) is 80.8 Å². The molecule has 2 N–H and O–H groups in total. The van der Waals surface area contributed by atoms with Crippen LogP contribution in [0.2, 0.25) is 6.04 Å². The van der Waals surface area contributed by atoms with E-state index in [2.05, 4.69) is 0 Å². The van der Waals surface area contributed by atoms with Gasteiger partial charge in [0, 0.05) is 47.2 Å². The van der Waals surface area contributed by atoms with Gasteiger partial charge in [0.05, 0.1) is 64.1 Å². The van der Waals surface area contributed by atoms with Gasteiger partial charge in [-0.05, 0) is 76.0 Å². The molecule has 48 heavy (non-hydrogen) atoms. The normalized spacial score (nSPS) is 29.8. The minimum absolute atomic E-state index is 0.135. The first kappa shape index (κ1) is 40.5. The highest BCUT2D eigenvalue weighted by Crippen LogP contribution is 2.42. The number of rotatable bonds is 29. The summed E-state index contributed by atoms with van der Waals surface area (Å²) in [5, 5.41) is 20.8. The molecule has 2 saturated heterocycles. The molecule has 4 rings (SSSR count). The number of ether oxygens (including phenoxy) is 7. The fourth-order valence-electron chi connectivity index (χ4n) is 7.23. The van der Waals surface area contributed by atoms with Gasteiger partial charge >= 0.3 is 8.80 Å². The Morgan fingerprint density at radius 1 is 0.729 bits per heavy atom. The summed E-state index contributed by atoms with van der Waals surface area (Å²) >= 11 is 0. The van der Waals surface area contributed by atoms with E-state index in [0.29, 0.717) is 50.1 Å². The Morgan fingerprint density at radius 2 is 1.42 bits per heavy atom. The van der Waals surface area contributed by atoms with Crippen molar-refractivity contribution in [3.05, 3.63) is 0 Å². The summed E-state index contributed by atoms with van der Waals surface area (Å²) in [6.07, 6.45) is 13.9. The lowest BCUT2D eigenvalue weighted by Crippen LogP contribution is -2.43. The minimum Gasteiger partial charge on any atom is -0.394 e. The highest BCUT2D eigenvalue weighted by molar-refractivity contribution is 6.60. The number of unbranched alkanes of at least 4 members (excludes halogenated alkanes) is 2. The van der Waals surface area contributed by atoms with Gasteiger partial charge in [-0.1, -0.05) is 19.3 Å². The topological polar surface area (TPSA) is 139 Å². The molecule has 2 saturated carbocycles. The van der Waals surface area contributed by atoms with Crippen molar-refractivity contribution < 1.29 is 56.6 Å². The second kappa shape index (κ2) is 22.6. The molecule has 9 atom stereocenters. The molecule has 0 aromatic heterocycles. The predicted octanol–water partition coefficient (Wildman–Crippen LogP) is 3.90. The maximum absolute atomic E-state index is 10.6. The van der Waals surface area contributed by atoms with Crippen LogP contribution in [0, 0.1) is 11.8 Å². The molecule has 282 valence electrons. The maximum atomic E-state index is 10.6. The number of hydrogen-bond donors (Lipinski definition) is 2. The lowest BCUT2D eigenvalue weighted by molar-refractivity contribution is -0.160.